The third kappa shape index (κ3) is 3.60. The van der Waals surface area contributed by atoms with Gasteiger partial charge < -0.3 is 15.4 Å². The number of nitrogens with zero attached hydrogens (tertiary/aromatic N) is 2. The molecule has 0 amide bonds. The van der Waals surface area contributed by atoms with Gasteiger partial charge in [-0.15, -0.1) is 0 Å². The van der Waals surface area contributed by atoms with Gasteiger partial charge in [0.2, 0.25) is 5.95 Å². The summed E-state index contributed by atoms with van der Waals surface area (Å²) in [6, 6.07) is 7.76. The highest BCUT2D eigenvalue weighted by Gasteiger charge is 2.08. The van der Waals surface area contributed by atoms with Gasteiger partial charge in [-0.05, 0) is 41.9 Å². The predicted octanol–water partition coefficient (Wildman–Crippen LogP) is 3.81. The number of benzene rings is 1. The third-order valence-electron chi connectivity index (χ3n) is 2.52. The molecule has 2 aromatic rings. The van der Waals surface area contributed by atoms with E-state index in [9.17, 15) is 0 Å². The lowest BCUT2D eigenvalue weighted by atomic mass is 10.3. The van der Waals surface area contributed by atoms with Crippen LogP contribution in [-0.2, 0) is 0 Å². The van der Waals surface area contributed by atoms with Crippen LogP contribution in [0, 0.1) is 0 Å². The van der Waals surface area contributed by atoms with Crippen molar-refractivity contribution in [2.45, 2.75) is 13.8 Å². The second-order valence-electron chi connectivity index (χ2n) is 3.97. The molecular formula is C14H17BrN4O. The zero-order valence-electron chi connectivity index (χ0n) is 11.5. The molecule has 20 heavy (non-hydrogen) atoms. The quantitative estimate of drug-likeness (QED) is 0.839. The van der Waals surface area contributed by atoms with Gasteiger partial charge in [0.15, 0.2) is 0 Å². The molecule has 0 bridgehead atoms. The number of para-hydroxylation sites is 2. The number of aromatic nitrogens is 2. The van der Waals surface area contributed by atoms with Crippen molar-refractivity contribution >= 4 is 33.4 Å². The van der Waals surface area contributed by atoms with Crippen LogP contribution < -0.4 is 15.4 Å². The first-order valence-electron chi connectivity index (χ1n) is 6.49. The van der Waals surface area contributed by atoms with Crippen LogP contribution in [0.1, 0.15) is 13.8 Å². The average Bonchev–Trinajstić information content (AvgIpc) is 2.45. The van der Waals surface area contributed by atoms with E-state index in [0.29, 0.717) is 18.4 Å². The molecule has 0 atom stereocenters. The normalized spacial score (nSPS) is 10.2. The molecule has 0 aliphatic carbocycles. The molecule has 0 aliphatic rings. The zero-order chi connectivity index (χ0) is 14.4. The minimum atomic E-state index is 0.590. The van der Waals surface area contributed by atoms with Gasteiger partial charge >= 0.3 is 0 Å². The van der Waals surface area contributed by atoms with E-state index >= 15 is 0 Å². The van der Waals surface area contributed by atoms with E-state index in [4.69, 9.17) is 4.74 Å². The Balaban J connectivity index is 2.27. The Kier molecular flexibility index (Phi) is 5.17. The summed E-state index contributed by atoms with van der Waals surface area (Å²) >= 11 is 3.45. The number of hydrogen-bond donors (Lipinski definition) is 2. The van der Waals surface area contributed by atoms with Crippen LogP contribution in [0.25, 0.3) is 0 Å². The summed E-state index contributed by atoms with van der Waals surface area (Å²) in [6.07, 6.45) is 1.72. The molecule has 0 spiro atoms. The summed E-state index contributed by atoms with van der Waals surface area (Å²) < 4.78 is 6.39. The number of halogens is 1. The molecule has 0 unspecified atom stereocenters. The monoisotopic (exact) mass is 336 g/mol. The van der Waals surface area contributed by atoms with E-state index < -0.39 is 0 Å². The lowest BCUT2D eigenvalue weighted by Gasteiger charge is -2.13. The van der Waals surface area contributed by atoms with Crippen LogP contribution in [0.5, 0.6) is 5.75 Å². The highest BCUT2D eigenvalue weighted by molar-refractivity contribution is 9.10. The van der Waals surface area contributed by atoms with Crippen LogP contribution in [0.4, 0.5) is 17.5 Å². The molecule has 106 valence electrons. The minimum absolute atomic E-state index is 0.590. The van der Waals surface area contributed by atoms with Crippen molar-refractivity contribution in [2.75, 3.05) is 23.8 Å². The van der Waals surface area contributed by atoms with Gasteiger partial charge in [-0.3, -0.25) is 0 Å². The Labute approximate surface area is 126 Å². The van der Waals surface area contributed by atoms with E-state index in [1.807, 2.05) is 38.1 Å². The van der Waals surface area contributed by atoms with E-state index in [2.05, 4.69) is 36.5 Å². The Morgan fingerprint density at radius 2 is 2.05 bits per heavy atom. The molecule has 1 aromatic carbocycles. The molecular weight excluding hydrogens is 320 g/mol. The van der Waals surface area contributed by atoms with Crippen molar-refractivity contribution in [1.29, 1.82) is 0 Å². The van der Waals surface area contributed by atoms with Crippen LogP contribution in [-0.4, -0.2) is 23.1 Å². The van der Waals surface area contributed by atoms with E-state index in [-0.39, 0.29) is 0 Å². The first kappa shape index (κ1) is 14.6. The predicted molar refractivity (Wildman–Crippen MR) is 84.8 cm³/mol. The fraction of sp³-hybridized carbons (Fsp3) is 0.286. The van der Waals surface area contributed by atoms with E-state index in [0.717, 1.165) is 22.5 Å². The number of rotatable bonds is 6. The molecule has 0 fully saturated rings. The van der Waals surface area contributed by atoms with Crippen LogP contribution in [0.3, 0.4) is 0 Å². The molecule has 0 aliphatic heterocycles. The number of ether oxygens (including phenoxy) is 1. The minimum Gasteiger partial charge on any atom is -0.492 e. The Bertz CT molecular complexity index is 577. The van der Waals surface area contributed by atoms with E-state index in [1.54, 1.807) is 6.20 Å². The fourth-order valence-corrected chi connectivity index (χ4v) is 1.97. The molecule has 6 heteroatoms. The Morgan fingerprint density at radius 3 is 2.80 bits per heavy atom. The number of hydrogen-bond acceptors (Lipinski definition) is 5. The highest BCUT2D eigenvalue weighted by Crippen LogP contribution is 2.30. The van der Waals surface area contributed by atoms with Crippen molar-refractivity contribution in [2.24, 2.45) is 0 Å². The number of anilines is 3. The summed E-state index contributed by atoms with van der Waals surface area (Å²) in [4.78, 5) is 8.61. The molecule has 1 aromatic heterocycles. The largest absolute Gasteiger partial charge is 0.492 e. The maximum atomic E-state index is 5.59. The average molecular weight is 337 g/mol. The fourth-order valence-electron chi connectivity index (χ4n) is 1.68. The van der Waals surface area contributed by atoms with Gasteiger partial charge in [0, 0.05) is 12.7 Å². The van der Waals surface area contributed by atoms with Gasteiger partial charge in [0.25, 0.3) is 0 Å². The summed E-state index contributed by atoms with van der Waals surface area (Å²) in [7, 11) is 0. The molecule has 2 N–H and O–H groups in total. The van der Waals surface area contributed by atoms with Crippen molar-refractivity contribution in [1.82, 2.24) is 9.97 Å². The lowest BCUT2D eigenvalue weighted by Crippen LogP contribution is -2.05. The zero-order valence-corrected chi connectivity index (χ0v) is 13.1. The smallest absolute Gasteiger partial charge is 0.224 e. The summed E-state index contributed by atoms with van der Waals surface area (Å²) in [5.74, 6) is 2.08. The van der Waals surface area contributed by atoms with Crippen LogP contribution >= 0.6 is 15.9 Å². The summed E-state index contributed by atoms with van der Waals surface area (Å²) in [5.41, 5.74) is 0.871. The molecule has 1 heterocycles. The molecule has 0 saturated heterocycles. The van der Waals surface area contributed by atoms with Crippen molar-refractivity contribution in [3.05, 3.63) is 34.9 Å². The maximum Gasteiger partial charge on any atom is 0.224 e. The van der Waals surface area contributed by atoms with Gasteiger partial charge in [-0.1, -0.05) is 12.1 Å². The Hall–Kier alpha value is -1.82. The second-order valence-corrected chi connectivity index (χ2v) is 4.83. The number of nitrogens with one attached hydrogen (secondary N) is 2. The summed E-state index contributed by atoms with van der Waals surface area (Å²) in [5, 5.41) is 6.35. The second kappa shape index (κ2) is 7.09. The molecule has 0 radical (unpaired) electrons. The van der Waals surface area contributed by atoms with Crippen molar-refractivity contribution in [3.63, 3.8) is 0 Å². The summed E-state index contributed by atoms with van der Waals surface area (Å²) in [6.45, 7) is 5.35. The molecule has 5 nitrogen and oxygen atoms in total. The van der Waals surface area contributed by atoms with Gasteiger partial charge in [-0.2, -0.15) is 4.98 Å². The van der Waals surface area contributed by atoms with Gasteiger partial charge in [0.05, 0.1) is 16.8 Å². The SMILES string of the molecule is CCNc1ncc(Br)c(Nc2ccccc2OCC)n1. The van der Waals surface area contributed by atoms with Crippen molar-refractivity contribution < 1.29 is 4.74 Å². The maximum absolute atomic E-state index is 5.59. The lowest BCUT2D eigenvalue weighted by molar-refractivity contribution is 0.342. The van der Waals surface area contributed by atoms with Gasteiger partial charge in [-0.25, -0.2) is 4.98 Å². The van der Waals surface area contributed by atoms with Gasteiger partial charge in [0.1, 0.15) is 11.6 Å². The third-order valence-corrected chi connectivity index (χ3v) is 3.10. The van der Waals surface area contributed by atoms with Crippen LogP contribution in [0.15, 0.2) is 34.9 Å². The Morgan fingerprint density at radius 1 is 1.25 bits per heavy atom. The first-order chi connectivity index (χ1) is 9.74. The molecule has 2 rings (SSSR count). The highest BCUT2D eigenvalue weighted by atomic mass is 79.9. The standard InChI is InChI=1S/C14H17BrN4O/c1-3-16-14-17-9-10(15)13(19-14)18-11-7-5-6-8-12(11)20-4-2/h5-9H,3-4H2,1-2H3,(H2,16,17,18,19). The van der Waals surface area contributed by atoms with E-state index in [1.165, 1.54) is 0 Å². The topological polar surface area (TPSA) is 59.1 Å². The van der Waals surface area contributed by atoms with Crippen LogP contribution in [0.2, 0.25) is 0 Å². The first-order valence-corrected chi connectivity index (χ1v) is 7.29. The molecule has 0 saturated carbocycles. The van der Waals surface area contributed by atoms with Crippen molar-refractivity contribution in [3.8, 4) is 5.75 Å².